The van der Waals surface area contributed by atoms with E-state index in [4.69, 9.17) is 0 Å². The fourth-order valence-electron chi connectivity index (χ4n) is 5.07. The molecule has 1 aliphatic heterocycles. The lowest BCUT2D eigenvalue weighted by molar-refractivity contribution is 0.161. The molecule has 5 rings (SSSR count). The number of piperidine rings is 1. The summed E-state index contributed by atoms with van der Waals surface area (Å²) in [6, 6.07) is 4.64. The van der Waals surface area contributed by atoms with Gasteiger partial charge in [-0.05, 0) is 69.8 Å². The molecule has 0 radical (unpaired) electrons. The molecule has 8 heteroatoms. The van der Waals surface area contributed by atoms with Crippen LogP contribution in [-0.4, -0.2) is 59.9 Å². The summed E-state index contributed by atoms with van der Waals surface area (Å²) < 4.78 is 2.04. The molecule has 1 fully saturated rings. The third-order valence-corrected chi connectivity index (χ3v) is 6.78. The Labute approximate surface area is 183 Å². The zero-order valence-electron chi connectivity index (χ0n) is 18.3. The quantitative estimate of drug-likeness (QED) is 0.633. The number of fused-ring (bicyclic) bond motifs is 1. The number of aryl methyl sites for hydroxylation is 1. The van der Waals surface area contributed by atoms with Crippen molar-refractivity contribution < 1.29 is 0 Å². The number of pyridine rings is 1. The van der Waals surface area contributed by atoms with E-state index in [2.05, 4.69) is 54.4 Å². The molecule has 1 aliphatic carbocycles. The van der Waals surface area contributed by atoms with Crippen LogP contribution >= 0.6 is 0 Å². The van der Waals surface area contributed by atoms with E-state index in [-0.39, 0.29) is 0 Å². The predicted octanol–water partition coefficient (Wildman–Crippen LogP) is 2.82. The molecule has 1 saturated heterocycles. The van der Waals surface area contributed by atoms with Crippen LogP contribution in [0.3, 0.4) is 0 Å². The molecule has 3 aromatic heterocycles. The maximum atomic E-state index is 4.68. The first-order chi connectivity index (χ1) is 15.2. The van der Waals surface area contributed by atoms with Crippen molar-refractivity contribution in [1.29, 1.82) is 0 Å². The molecular formula is C23H32N8. The lowest BCUT2D eigenvalue weighted by atomic mass is 9.91. The summed E-state index contributed by atoms with van der Waals surface area (Å²) in [5.74, 6) is 1.72. The molecule has 3 aromatic rings. The summed E-state index contributed by atoms with van der Waals surface area (Å²) in [4.78, 5) is 17.1. The fourth-order valence-corrected chi connectivity index (χ4v) is 5.07. The molecule has 1 unspecified atom stereocenters. The number of aromatic amines is 1. The van der Waals surface area contributed by atoms with Crippen molar-refractivity contribution in [2.45, 2.75) is 57.8 Å². The summed E-state index contributed by atoms with van der Waals surface area (Å²) in [7, 11) is 2.18. The van der Waals surface area contributed by atoms with Crippen molar-refractivity contribution in [3.05, 3.63) is 59.7 Å². The van der Waals surface area contributed by atoms with Crippen molar-refractivity contribution in [3.8, 4) is 0 Å². The Morgan fingerprint density at radius 1 is 1.16 bits per heavy atom. The standard InChI is InChI=1S/C23H32N8/c1-29(21-6-2-4-19-5-3-9-26-23(19)21)15-20-16-31(28-27-20)14-18-7-12-30(13-8-18)17-22-24-10-11-25-22/h3,5,9-11,16,18,21H,2,4,6-8,12-15,17H2,1H3,(H,24,25). The van der Waals surface area contributed by atoms with Gasteiger partial charge in [0.15, 0.2) is 0 Å². The lowest BCUT2D eigenvalue weighted by Crippen LogP contribution is -2.34. The van der Waals surface area contributed by atoms with E-state index in [1.54, 1.807) is 0 Å². The monoisotopic (exact) mass is 420 g/mol. The number of likely N-dealkylation sites (tertiary alicyclic amines) is 1. The number of rotatable bonds is 7. The third-order valence-electron chi connectivity index (χ3n) is 6.78. The molecule has 1 N–H and O–H groups in total. The first-order valence-electron chi connectivity index (χ1n) is 11.5. The highest BCUT2D eigenvalue weighted by Gasteiger charge is 2.26. The summed E-state index contributed by atoms with van der Waals surface area (Å²) in [6.07, 6.45) is 13.7. The summed E-state index contributed by atoms with van der Waals surface area (Å²) in [6.45, 7) is 4.91. The van der Waals surface area contributed by atoms with Crippen LogP contribution < -0.4 is 0 Å². The molecule has 2 aliphatic rings. The average Bonchev–Trinajstić information content (AvgIpc) is 3.47. The average molecular weight is 421 g/mol. The minimum atomic E-state index is 0.369. The Morgan fingerprint density at radius 2 is 2.06 bits per heavy atom. The van der Waals surface area contributed by atoms with Crippen LogP contribution in [-0.2, 0) is 26.1 Å². The summed E-state index contributed by atoms with van der Waals surface area (Å²) in [5.41, 5.74) is 3.68. The Balaban J connectivity index is 1.13. The van der Waals surface area contributed by atoms with Crippen molar-refractivity contribution in [2.24, 2.45) is 5.92 Å². The Bertz CT molecular complexity index is 958. The Kier molecular flexibility index (Phi) is 6.08. The van der Waals surface area contributed by atoms with Gasteiger partial charge in [-0.3, -0.25) is 19.5 Å². The van der Waals surface area contributed by atoms with Gasteiger partial charge in [0.2, 0.25) is 0 Å². The molecule has 8 nitrogen and oxygen atoms in total. The number of hydrogen-bond acceptors (Lipinski definition) is 6. The maximum Gasteiger partial charge on any atom is 0.120 e. The van der Waals surface area contributed by atoms with Crippen LogP contribution in [0.2, 0.25) is 0 Å². The predicted molar refractivity (Wildman–Crippen MR) is 118 cm³/mol. The topological polar surface area (TPSA) is 78.8 Å². The van der Waals surface area contributed by atoms with Gasteiger partial charge in [-0.15, -0.1) is 5.10 Å². The molecule has 164 valence electrons. The van der Waals surface area contributed by atoms with E-state index < -0.39 is 0 Å². The van der Waals surface area contributed by atoms with E-state index in [0.29, 0.717) is 12.0 Å². The molecule has 0 aromatic carbocycles. The third kappa shape index (κ3) is 4.85. The largest absolute Gasteiger partial charge is 0.348 e. The van der Waals surface area contributed by atoms with Gasteiger partial charge in [-0.1, -0.05) is 11.3 Å². The second-order valence-electron chi connectivity index (χ2n) is 9.06. The highest BCUT2D eigenvalue weighted by atomic mass is 15.4. The molecule has 1 atom stereocenters. The smallest absolute Gasteiger partial charge is 0.120 e. The second-order valence-corrected chi connectivity index (χ2v) is 9.06. The molecule has 0 saturated carbocycles. The number of H-pyrrole nitrogens is 1. The minimum absolute atomic E-state index is 0.369. The van der Waals surface area contributed by atoms with Gasteiger partial charge in [0.25, 0.3) is 0 Å². The van der Waals surface area contributed by atoms with Crippen LogP contribution in [0.15, 0.2) is 36.9 Å². The highest BCUT2D eigenvalue weighted by Crippen LogP contribution is 2.32. The fraction of sp³-hybridized carbons (Fsp3) is 0.565. The highest BCUT2D eigenvalue weighted by molar-refractivity contribution is 5.25. The SMILES string of the molecule is CN(Cc1cn(CC2CCN(Cc3ncc[nH]3)CC2)nn1)C1CCCc2cccnc21. The van der Waals surface area contributed by atoms with Gasteiger partial charge in [0.1, 0.15) is 5.82 Å². The zero-order chi connectivity index (χ0) is 21.0. The Hall–Kier alpha value is -2.58. The van der Waals surface area contributed by atoms with Gasteiger partial charge < -0.3 is 4.98 Å². The normalized spacial score (nSPS) is 20.3. The van der Waals surface area contributed by atoms with Crippen LogP contribution in [0.1, 0.15) is 54.5 Å². The van der Waals surface area contributed by atoms with E-state index in [1.807, 2.05) is 29.3 Å². The van der Waals surface area contributed by atoms with E-state index in [1.165, 1.54) is 30.5 Å². The van der Waals surface area contributed by atoms with E-state index in [9.17, 15) is 0 Å². The van der Waals surface area contributed by atoms with Gasteiger partial charge in [-0.2, -0.15) is 0 Å². The first kappa shape index (κ1) is 20.3. The number of nitrogens with one attached hydrogen (secondary N) is 1. The molecule has 31 heavy (non-hydrogen) atoms. The van der Waals surface area contributed by atoms with Crippen molar-refractivity contribution in [1.82, 2.24) is 39.7 Å². The first-order valence-corrected chi connectivity index (χ1v) is 11.5. The van der Waals surface area contributed by atoms with Gasteiger partial charge in [0, 0.05) is 37.9 Å². The number of imidazole rings is 1. The van der Waals surface area contributed by atoms with Crippen LogP contribution in [0, 0.1) is 5.92 Å². The number of hydrogen-bond donors (Lipinski definition) is 1. The summed E-state index contributed by atoms with van der Waals surface area (Å²) >= 11 is 0. The van der Waals surface area contributed by atoms with Gasteiger partial charge in [-0.25, -0.2) is 4.98 Å². The molecule has 0 amide bonds. The van der Waals surface area contributed by atoms with E-state index in [0.717, 1.165) is 57.1 Å². The molecular weight excluding hydrogens is 388 g/mol. The van der Waals surface area contributed by atoms with Crippen molar-refractivity contribution >= 4 is 0 Å². The van der Waals surface area contributed by atoms with E-state index >= 15 is 0 Å². The van der Waals surface area contributed by atoms with Crippen LogP contribution in [0.5, 0.6) is 0 Å². The van der Waals surface area contributed by atoms with Crippen LogP contribution in [0.4, 0.5) is 0 Å². The number of nitrogens with zero attached hydrogens (tertiary/aromatic N) is 7. The second kappa shape index (κ2) is 9.28. The lowest BCUT2D eigenvalue weighted by Gasteiger charge is -2.31. The van der Waals surface area contributed by atoms with Crippen LogP contribution in [0.25, 0.3) is 0 Å². The van der Waals surface area contributed by atoms with Crippen molar-refractivity contribution in [3.63, 3.8) is 0 Å². The Morgan fingerprint density at radius 3 is 2.90 bits per heavy atom. The molecule has 0 spiro atoms. The summed E-state index contributed by atoms with van der Waals surface area (Å²) in [5, 5.41) is 8.89. The molecule has 4 heterocycles. The maximum absolute atomic E-state index is 4.68. The number of aromatic nitrogens is 6. The van der Waals surface area contributed by atoms with Gasteiger partial charge in [0.05, 0.1) is 24.0 Å². The van der Waals surface area contributed by atoms with Crippen molar-refractivity contribution in [2.75, 3.05) is 20.1 Å². The molecule has 0 bridgehead atoms. The van der Waals surface area contributed by atoms with Gasteiger partial charge >= 0.3 is 0 Å². The zero-order valence-corrected chi connectivity index (χ0v) is 18.3. The minimum Gasteiger partial charge on any atom is -0.348 e.